The maximum absolute atomic E-state index is 12.8. The molecule has 2 aromatic carbocycles. The molecule has 0 unspecified atom stereocenters. The van der Waals surface area contributed by atoms with Gasteiger partial charge >= 0.3 is 0 Å². The van der Waals surface area contributed by atoms with Crippen molar-refractivity contribution in [3.63, 3.8) is 0 Å². The molecule has 5 nitrogen and oxygen atoms in total. The molecule has 1 aliphatic rings. The summed E-state index contributed by atoms with van der Waals surface area (Å²) in [7, 11) is 0. The van der Waals surface area contributed by atoms with Gasteiger partial charge in [-0.1, -0.05) is 30.3 Å². The molecular weight excluding hydrogens is 382 g/mol. The minimum Gasteiger partial charge on any atom is -0.336 e. The Bertz CT molecular complexity index is 856. The van der Waals surface area contributed by atoms with Crippen molar-refractivity contribution in [2.45, 2.75) is 19.6 Å². The van der Waals surface area contributed by atoms with Crippen LogP contribution in [0.4, 0.5) is 5.69 Å². The number of nitrogens with zero attached hydrogens (tertiary/aromatic N) is 2. The van der Waals surface area contributed by atoms with Crippen LogP contribution >= 0.6 is 11.8 Å². The van der Waals surface area contributed by atoms with Crippen LogP contribution in [0.2, 0.25) is 0 Å². The molecule has 154 valence electrons. The highest BCUT2D eigenvalue weighted by atomic mass is 32.2. The topological polar surface area (TPSA) is 52.7 Å². The van der Waals surface area contributed by atoms with Gasteiger partial charge in [-0.2, -0.15) is 11.8 Å². The number of para-hydroxylation sites is 1. The SMILES string of the molecule is CSCc1cccc(C(=O)N2CCN(CC(=O)Nc3c(C)cccc3C)CC2)c1. The summed E-state index contributed by atoms with van der Waals surface area (Å²) >= 11 is 1.75. The van der Waals surface area contributed by atoms with E-state index in [1.54, 1.807) is 11.8 Å². The number of carbonyl (C=O) groups excluding carboxylic acids is 2. The number of aryl methyl sites for hydroxylation is 2. The Labute approximate surface area is 177 Å². The average molecular weight is 412 g/mol. The van der Waals surface area contributed by atoms with E-state index >= 15 is 0 Å². The van der Waals surface area contributed by atoms with Gasteiger partial charge in [0, 0.05) is 43.2 Å². The summed E-state index contributed by atoms with van der Waals surface area (Å²) in [4.78, 5) is 29.3. The fourth-order valence-corrected chi connectivity index (χ4v) is 4.16. The van der Waals surface area contributed by atoms with E-state index in [2.05, 4.69) is 22.5 Å². The number of hydrogen-bond donors (Lipinski definition) is 1. The van der Waals surface area contributed by atoms with Crippen LogP contribution in [0.1, 0.15) is 27.0 Å². The van der Waals surface area contributed by atoms with Crippen molar-refractivity contribution in [2.24, 2.45) is 0 Å². The molecule has 1 fully saturated rings. The summed E-state index contributed by atoms with van der Waals surface area (Å²) in [6, 6.07) is 13.9. The van der Waals surface area contributed by atoms with Gasteiger partial charge in [0.05, 0.1) is 6.54 Å². The molecule has 0 radical (unpaired) electrons. The van der Waals surface area contributed by atoms with Crippen molar-refractivity contribution in [1.82, 2.24) is 9.80 Å². The first-order valence-electron chi connectivity index (χ1n) is 9.93. The normalized spacial score (nSPS) is 14.7. The van der Waals surface area contributed by atoms with Crippen LogP contribution < -0.4 is 5.32 Å². The van der Waals surface area contributed by atoms with Gasteiger partial charge in [0.2, 0.25) is 5.91 Å². The van der Waals surface area contributed by atoms with Crippen molar-refractivity contribution in [2.75, 3.05) is 44.3 Å². The van der Waals surface area contributed by atoms with Crippen LogP contribution in [-0.4, -0.2) is 60.6 Å². The highest BCUT2D eigenvalue weighted by Crippen LogP contribution is 2.19. The second-order valence-corrected chi connectivity index (χ2v) is 8.38. The molecule has 29 heavy (non-hydrogen) atoms. The Morgan fingerprint density at radius 1 is 1.00 bits per heavy atom. The van der Waals surface area contributed by atoms with Crippen molar-refractivity contribution < 1.29 is 9.59 Å². The molecule has 3 rings (SSSR count). The Balaban J connectivity index is 1.52. The molecule has 1 aliphatic heterocycles. The van der Waals surface area contributed by atoms with Crippen LogP contribution in [0, 0.1) is 13.8 Å². The van der Waals surface area contributed by atoms with E-state index in [0.29, 0.717) is 32.7 Å². The summed E-state index contributed by atoms with van der Waals surface area (Å²) in [6.07, 6.45) is 2.06. The molecule has 1 heterocycles. The Morgan fingerprint density at radius 3 is 2.31 bits per heavy atom. The number of rotatable bonds is 6. The summed E-state index contributed by atoms with van der Waals surface area (Å²) in [6.45, 7) is 7.04. The van der Waals surface area contributed by atoms with Crippen molar-refractivity contribution in [3.05, 3.63) is 64.7 Å². The second kappa shape index (κ2) is 9.94. The monoisotopic (exact) mass is 411 g/mol. The molecule has 2 amide bonds. The molecule has 1 N–H and O–H groups in total. The summed E-state index contributed by atoms with van der Waals surface area (Å²) in [5, 5.41) is 3.04. The smallest absolute Gasteiger partial charge is 0.253 e. The van der Waals surface area contributed by atoms with Gasteiger partial charge in [-0.15, -0.1) is 0 Å². The van der Waals surface area contributed by atoms with Gasteiger partial charge in [0.1, 0.15) is 0 Å². The summed E-state index contributed by atoms with van der Waals surface area (Å²) in [5.74, 6) is 0.976. The number of carbonyl (C=O) groups is 2. The van der Waals surface area contributed by atoms with Gasteiger partial charge in [-0.3, -0.25) is 14.5 Å². The number of anilines is 1. The third-order valence-electron chi connectivity index (χ3n) is 5.26. The number of thioether (sulfide) groups is 1. The zero-order valence-corrected chi connectivity index (χ0v) is 18.2. The molecular formula is C23H29N3O2S. The maximum Gasteiger partial charge on any atom is 0.253 e. The van der Waals surface area contributed by atoms with E-state index in [-0.39, 0.29) is 11.8 Å². The molecule has 6 heteroatoms. The van der Waals surface area contributed by atoms with E-state index in [4.69, 9.17) is 0 Å². The van der Waals surface area contributed by atoms with Crippen LogP contribution in [0.15, 0.2) is 42.5 Å². The molecule has 0 aromatic heterocycles. The molecule has 2 aromatic rings. The molecule has 0 saturated carbocycles. The molecule has 0 bridgehead atoms. The van der Waals surface area contributed by atoms with Crippen LogP contribution in [0.3, 0.4) is 0 Å². The number of hydrogen-bond acceptors (Lipinski definition) is 4. The zero-order valence-electron chi connectivity index (χ0n) is 17.4. The first-order chi connectivity index (χ1) is 14.0. The number of benzene rings is 2. The third-order valence-corrected chi connectivity index (χ3v) is 5.88. The maximum atomic E-state index is 12.8. The second-order valence-electron chi connectivity index (χ2n) is 7.52. The first-order valence-corrected chi connectivity index (χ1v) is 11.3. The zero-order chi connectivity index (χ0) is 20.8. The minimum atomic E-state index is -0.00746. The van der Waals surface area contributed by atoms with Gasteiger partial charge in [0.25, 0.3) is 5.91 Å². The molecule has 0 spiro atoms. The Hall–Kier alpha value is -2.31. The van der Waals surface area contributed by atoms with E-state index < -0.39 is 0 Å². The fourth-order valence-electron chi connectivity index (χ4n) is 3.65. The summed E-state index contributed by atoms with van der Waals surface area (Å²) < 4.78 is 0. The number of amides is 2. The average Bonchev–Trinajstić information content (AvgIpc) is 2.71. The van der Waals surface area contributed by atoms with Crippen molar-refractivity contribution in [1.29, 1.82) is 0 Å². The van der Waals surface area contributed by atoms with E-state index in [1.807, 2.05) is 55.1 Å². The highest BCUT2D eigenvalue weighted by molar-refractivity contribution is 7.97. The first kappa shape index (κ1) is 21.4. The number of nitrogens with one attached hydrogen (secondary N) is 1. The Kier molecular flexibility index (Phi) is 7.34. The fraction of sp³-hybridized carbons (Fsp3) is 0.391. The van der Waals surface area contributed by atoms with Gasteiger partial charge < -0.3 is 10.2 Å². The highest BCUT2D eigenvalue weighted by Gasteiger charge is 2.23. The van der Waals surface area contributed by atoms with E-state index in [1.165, 1.54) is 5.56 Å². The quantitative estimate of drug-likeness (QED) is 0.790. The summed E-state index contributed by atoms with van der Waals surface area (Å²) in [5.41, 5.74) is 4.95. The predicted molar refractivity (Wildman–Crippen MR) is 121 cm³/mol. The lowest BCUT2D eigenvalue weighted by Gasteiger charge is -2.34. The van der Waals surface area contributed by atoms with E-state index in [0.717, 1.165) is 28.1 Å². The minimum absolute atomic E-state index is 0.00746. The molecule has 1 saturated heterocycles. The third kappa shape index (κ3) is 5.61. The van der Waals surface area contributed by atoms with E-state index in [9.17, 15) is 9.59 Å². The van der Waals surface area contributed by atoms with Crippen LogP contribution in [-0.2, 0) is 10.5 Å². The van der Waals surface area contributed by atoms with Gasteiger partial charge in [-0.05, 0) is 48.9 Å². The van der Waals surface area contributed by atoms with Crippen LogP contribution in [0.25, 0.3) is 0 Å². The van der Waals surface area contributed by atoms with Gasteiger partial charge in [-0.25, -0.2) is 0 Å². The predicted octanol–water partition coefficient (Wildman–Crippen LogP) is 3.56. The lowest BCUT2D eigenvalue weighted by Crippen LogP contribution is -2.50. The molecule has 0 aliphatic carbocycles. The van der Waals surface area contributed by atoms with Crippen LogP contribution in [0.5, 0.6) is 0 Å². The van der Waals surface area contributed by atoms with Crippen molar-refractivity contribution in [3.8, 4) is 0 Å². The van der Waals surface area contributed by atoms with Crippen molar-refractivity contribution >= 4 is 29.3 Å². The number of piperazine rings is 1. The largest absolute Gasteiger partial charge is 0.336 e. The Morgan fingerprint density at radius 2 is 1.66 bits per heavy atom. The van der Waals surface area contributed by atoms with Gasteiger partial charge in [0.15, 0.2) is 0 Å². The standard InChI is InChI=1S/C23H29N3O2S/c1-17-6-4-7-18(2)22(17)24-21(27)15-25-10-12-26(13-11-25)23(28)20-9-5-8-19(14-20)16-29-3/h4-9,14H,10-13,15-16H2,1-3H3,(H,24,27). The lowest BCUT2D eigenvalue weighted by molar-refractivity contribution is -0.117. The molecule has 0 atom stereocenters. The lowest BCUT2D eigenvalue weighted by atomic mass is 10.1.